The van der Waals surface area contributed by atoms with Crippen molar-refractivity contribution in [3.8, 4) is 0 Å². The van der Waals surface area contributed by atoms with Crippen LogP contribution in [0.5, 0.6) is 0 Å². The van der Waals surface area contributed by atoms with E-state index < -0.39 is 40.7 Å². The number of halogens is 4. The highest BCUT2D eigenvalue weighted by Crippen LogP contribution is 2.20. The van der Waals surface area contributed by atoms with E-state index >= 15 is 0 Å². The Balaban J connectivity index is 3.60. The van der Waals surface area contributed by atoms with Gasteiger partial charge >= 0.3 is 7.12 Å². The number of hydrogen-bond donors (Lipinski definition) is 3. The zero-order valence-corrected chi connectivity index (χ0v) is 7.33. The number of rotatable bonds is 1. The highest BCUT2D eigenvalue weighted by atomic mass is 32.1. The Morgan fingerprint density at radius 1 is 0.857 bits per heavy atom. The van der Waals surface area contributed by atoms with E-state index in [9.17, 15) is 17.6 Å². The molecule has 0 aliphatic heterocycles. The summed E-state index contributed by atoms with van der Waals surface area (Å²) < 4.78 is 51.0. The van der Waals surface area contributed by atoms with Crippen molar-refractivity contribution in [2.24, 2.45) is 0 Å². The van der Waals surface area contributed by atoms with Gasteiger partial charge in [-0.05, 0) is 0 Å². The lowest BCUT2D eigenvalue weighted by Gasteiger charge is -2.07. The second-order valence-corrected chi connectivity index (χ2v) is 2.84. The predicted molar refractivity (Wildman–Crippen MR) is 43.4 cm³/mol. The minimum Gasteiger partial charge on any atom is -0.423 e. The Hall–Kier alpha value is -0.725. The smallest absolute Gasteiger partial charge is 0.423 e. The molecule has 1 aromatic carbocycles. The van der Waals surface area contributed by atoms with Crippen molar-refractivity contribution in [3.05, 3.63) is 23.3 Å². The molecule has 2 nitrogen and oxygen atoms in total. The highest BCUT2D eigenvalue weighted by Gasteiger charge is 2.30. The predicted octanol–water partition coefficient (Wildman–Crippen LogP) is 0.212. The van der Waals surface area contributed by atoms with Gasteiger partial charge in [-0.3, -0.25) is 0 Å². The molecule has 0 unspecified atom stereocenters. The molecule has 76 valence electrons. The average Bonchev–Trinajstić information content (AvgIpc) is 2.11. The summed E-state index contributed by atoms with van der Waals surface area (Å²) in [6.45, 7) is 0. The third kappa shape index (κ3) is 1.60. The number of thiol groups is 1. The fraction of sp³-hybridized carbons (Fsp3) is 0. The van der Waals surface area contributed by atoms with Gasteiger partial charge in [-0.15, -0.1) is 12.6 Å². The van der Waals surface area contributed by atoms with Gasteiger partial charge in [0, 0.05) is 0 Å². The summed E-state index contributed by atoms with van der Waals surface area (Å²) in [5.41, 5.74) is -1.47. The Morgan fingerprint density at radius 3 is 1.50 bits per heavy atom. The third-order valence-corrected chi connectivity index (χ3v) is 1.92. The zero-order chi connectivity index (χ0) is 11.0. The molecular weight excluding hydrogens is 223 g/mol. The van der Waals surface area contributed by atoms with Crippen LogP contribution in [0.4, 0.5) is 17.6 Å². The third-order valence-electron chi connectivity index (χ3n) is 1.53. The molecule has 2 N–H and O–H groups in total. The first-order chi connectivity index (χ1) is 6.37. The maximum absolute atomic E-state index is 12.8. The molecule has 0 atom stereocenters. The monoisotopic (exact) mass is 226 g/mol. The maximum atomic E-state index is 12.8. The fourth-order valence-corrected chi connectivity index (χ4v) is 1.06. The second kappa shape index (κ2) is 3.80. The van der Waals surface area contributed by atoms with Crippen molar-refractivity contribution in [2.45, 2.75) is 4.90 Å². The molecule has 0 fully saturated rings. The first-order valence-electron chi connectivity index (χ1n) is 3.28. The molecule has 0 spiro atoms. The van der Waals surface area contributed by atoms with Gasteiger partial charge in [-0.2, -0.15) is 0 Å². The van der Waals surface area contributed by atoms with Gasteiger partial charge in [0.1, 0.15) is 0 Å². The standard InChI is InChI=1S/C6H3BF4O2S/c8-2-1(7(12)13)3(9)5(11)6(14)4(2)10/h12-14H. The first-order valence-corrected chi connectivity index (χ1v) is 3.73. The molecule has 0 bridgehead atoms. The summed E-state index contributed by atoms with van der Waals surface area (Å²) in [6.07, 6.45) is 0. The van der Waals surface area contributed by atoms with E-state index in [1.165, 1.54) is 0 Å². The zero-order valence-electron chi connectivity index (χ0n) is 6.43. The minimum absolute atomic E-state index is 1.15. The molecule has 0 aliphatic carbocycles. The number of benzene rings is 1. The van der Waals surface area contributed by atoms with Gasteiger partial charge in [0.25, 0.3) is 0 Å². The van der Waals surface area contributed by atoms with Crippen molar-refractivity contribution < 1.29 is 27.6 Å². The van der Waals surface area contributed by atoms with E-state index in [-0.39, 0.29) is 0 Å². The lowest BCUT2D eigenvalue weighted by Crippen LogP contribution is -2.37. The summed E-state index contributed by atoms with van der Waals surface area (Å²) >= 11 is 3.17. The number of hydrogen-bond acceptors (Lipinski definition) is 3. The molecule has 1 rings (SSSR count). The van der Waals surface area contributed by atoms with Crippen LogP contribution in [-0.4, -0.2) is 17.2 Å². The van der Waals surface area contributed by atoms with Crippen LogP contribution in [0.2, 0.25) is 0 Å². The van der Waals surface area contributed by atoms with E-state index in [0.717, 1.165) is 0 Å². The van der Waals surface area contributed by atoms with Gasteiger partial charge in [0.15, 0.2) is 23.3 Å². The van der Waals surface area contributed by atoms with Crippen LogP contribution >= 0.6 is 12.6 Å². The van der Waals surface area contributed by atoms with E-state index in [2.05, 4.69) is 12.6 Å². The molecule has 0 aliphatic rings. The van der Waals surface area contributed by atoms with E-state index in [1.807, 2.05) is 0 Å². The SMILES string of the molecule is OB(O)c1c(F)c(F)c(S)c(F)c1F. The van der Waals surface area contributed by atoms with Crippen LogP contribution < -0.4 is 5.46 Å². The molecule has 8 heteroatoms. The van der Waals surface area contributed by atoms with Crippen LogP contribution in [0, 0.1) is 23.3 Å². The summed E-state index contributed by atoms with van der Waals surface area (Å²) in [4.78, 5) is -1.15. The minimum atomic E-state index is -2.63. The van der Waals surface area contributed by atoms with E-state index in [0.29, 0.717) is 0 Å². The Bertz CT molecular complexity index is 356. The summed E-state index contributed by atoms with van der Waals surface area (Å²) in [5.74, 6) is -7.28. The normalized spacial score (nSPS) is 10.5. The Kier molecular flexibility index (Phi) is 3.08. The quantitative estimate of drug-likeness (QED) is 0.277. The van der Waals surface area contributed by atoms with Crippen LogP contribution in [0.3, 0.4) is 0 Å². The molecule has 0 saturated carbocycles. The topological polar surface area (TPSA) is 40.5 Å². The van der Waals surface area contributed by atoms with Crippen molar-refractivity contribution in [1.82, 2.24) is 0 Å². The van der Waals surface area contributed by atoms with Crippen molar-refractivity contribution in [2.75, 3.05) is 0 Å². The van der Waals surface area contributed by atoms with E-state index in [1.54, 1.807) is 0 Å². The molecule has 0 aromatic heterocycles. The summed E-state index contributed by atoms with van der Waals surface area (Å²) in [7, 11) is -2.63. The average molecular weight is 226 g/mol. The summed E-state index contributed by atoms with van der Waals surface area (Å²) in [6, 6.07) is 0. The van der Waals surface area contributed by atoms with Gasteiger partial charge in [-0.25, -0.2) is 17.6 Å². The van der Waals surface area contributed by atoms with E-state index in [4.69, 9.17) is 10.0 Å². The van der Waals surface area contributed by atoms with Crippen molar-refractivity contribution in [1.29, 1.82) is 0 Å². The van der Waals surface area contributed by atoms with Crippen molar-refractivity contribution >= 4 is 25.2 Å². The van der Waals surface area contributed by atoms with Crippen LogP contribution in [0.25, 0.3) is 0 Å². The maximum Gasteiger partial charge on any atom is 0.494 e. The molecule has 0 amide bonds. The fourth-order valence-electron chi connectivity index (χ4n) is 0.864. The first kappa shape index (κ1) is 11.4. The lowest BCUT2D eigenvalue weighted by molar-refractivity contribution is 0.400. The van der Waals surface area contributed by atoms with Gasteiger partial charge in [0.05, 0.1) is 10.4 Å². The molecule has 14 heavy (non-hydrogen) atoms. The van der Waals surface area contributed by atoms with Gasteiger partial charge in [-0.1, -0.05) is 0 Å². The Morgan fingerprint density at radius 2 is 1.21 bits per heavy atom. The summed E-state index contributed by atoms with van der Waals surface area (Å²) in [5, 5.41) is 16.9. The molecule has 0 heterocycles. The molecular formula is C6H3BF4O2S. The lowest BCUT2D eigenvalue weighted by atomic mass is 9.79. The molecule has 0 saturated heterocycles. The van der Waals surface area contributed by atoms with Crippen LogP contribution in [0.15, 0.2) is 4.90 Å². The van der Waals surface area contributed by atoms with Gasteiger partial charge in [0.2, 0.25) is 0 Å². The highest BCUT2D eigenvalue weighted by molar-refractivity contribution is 7.80. The second-order valence-electron chi connectivity index (χ2n) is 2.39. The van der Waals surface area contributed by atoms with Crippen LogP contribution in [0.1, 0.15) is 0 Å². The van der Waals surface area contributed by atoms with Gasteiger partial charge < -0.3 is 10.0 Å². The molecule has 0 radical (unpaired) electrons. The largest absolute Gasteiger partial charge is 0.494 e. The Labute approximate surface area is 81.7 Å². The molecule has 1 aromatic rings. The van der Waals surface area contributed by atoms with Crippen LogP contribution in [-0.2, 0) is 0 Å². The van der Waals surface area contributed by atoms with Crippen molar-refractivity contribution in [3.63, 3.8) is 0 Å².